The van der Waals surface area contributed by atoms with E-state index in [1.54, 1.807) is 0 Å². The number of rotatable bonds is 3. The summed E-state index contributed by atoms with van der Waals surface area (Å²) in [6.45, 7) is 1.93. The van der Waals surface area contributed by atoms with E-state index in [0.717, 1.165) is 36.8 Å². The maximum Gasteiger partial charge on any atom is 0.251 e. The van der Waals surface area contributed by atoms with Gasteiger partial charge in [0.2, 0.25) is 5.91 Å². The van der Waals surface area contributed by atoms with E-state index in [-0.39, 0.29) is 23.8 Å². The maximum absolute atomic E-state index is 12.1. The average molecular weight is 260 g/mol. The Labute approximate surface area is 113 Å². The van der Waals surface area contributed by atoms with E-state index in [0.29, 0.717) is 0 Å². The van der Waals surface area contributed by atoms with E-state index in [2.05, 4.69) is 5.32 Å². The minimum atomic E-state index is -0.219. The third kappa shape index (κ3) is 3.34. The summed E-state index contributed by atoms with van der Waals surface area (Å²) >= 11 is 0. The van der Waals surface area contributed by atoms with Gasteiger partial charge in [-0.25, -0.2) is 0 Å². The van der Waals surface area contributed by atoms with Crippen molar-refractivity contribution in [3.05, 3.63) is 35.4 Å². The summed E-state index contributed by atoms with van der Waals surface area (Å²) in [5.74, 6) is -0.268. The molecule has 1 saturated carbocycles. The molecule has 0 radical (unpaired) electrons. The molecule has 1 aromatic carbocycles. The Morgan fingerprint density at radius 3 is 2.37 bits per heavy atom. The first-order valence-electron chi connectivity index (χ1n) is 6.73. The van der Waals surface area contributed by atoms with Gasteiger partial charge in [-0.3, -0.25) is 9.59 Å². The molecule has 4 heteroatoms. The normalized spacial score (nSPS) is 22.8. The van der Waals surface area contributed by atoms with Crippen LogP contribution in [0.5, 0.6) is 0 Å². The summed E-state index contributed by atoms with van der Waals surface area (Å²) < 4.78 is 0. The fourth-order valence-corrected chi connectivity index (χ4v) is 2.61. The number of aryl methyl sites for hydroxylation is 1. The molecule has 3 N–H and O–H groups in total. The minimum Gasteiger partial charge on any atom is -0.369 e. The van der Waals surface area contributed by atoms with Gasteiger partial charge in [0.25, 0.3) is 5.91 Å². The average Bonchev–Trinajstić information content (AvgIpc) is 2.39. The molecule has 1 aromatic rings. The van der Waals surface area contributed by atoms with Crippen molar-refractivity contribution in [2.45, 2.75) is 38.6 Å². The molecular formula is C15H20N2O2. The monoisotopic (exact) mass is 260 g/mol. The highest BCUT2D eigenvalue weighted by atomic mass is 16.2. The highest BCUT2D eigenvalue weighted by molar-refractivity contribution is 5.95. The number of carbonyl (C=O) groups is 2. The number of benzene rings is 1. The van der Waals surface area contributed by atoms with Crippen molar-refractivity contribution in [3.63, 3.8) is 0 Å². The number of carbonyl (C=O) groups excluding carboxylic acids is 2. The van der Waals surface area contributed by atoms with Crippen LogP contribution < -0.4 is 11.1 Å². The smallest absolute Gasteiger partial charge is 0.251 e. The molecule has 2 amide bonds. The van der Waals surface area contributed by atoms with Crippen LogP contribution in [0, 0.1) is 12.8 Å². The second-order valence-corrected chi connectivity index (χ2v) is 5.24. The molecule has 0 saturated heterocycles. The van der Waals surface area contributed by atoms with E-state index < -0.39 is 0 Å². The van der Waals surface area contributed by atoms with Crippen molar-refractivity contribution in [1.82, 2.24) is 5.32 Å². The fraction of sp³-hybridized carbons (Fsp3) is 0.467. The van der Waals surface area contributed by atoms with Crippen molar-refractivity contribution < 1.29 is 9.59 Å². The Morgan fingerprint density at radius 1 is 1.16 bits per heavy atom. The zero-order valence-electron chi connectivity index (χ0n) is 11.2. The Kier molecular flexibility index (Phi) is 4.20. The van der Waals surface area contributed by atoms with Crippen LogP contribution in [0.3, 0.4) is 0 Å². The lowest BCUT2D eigenvalue weighted by Gasteiger charge is -2.27. The number of amides is 2. The van der Waals surface area contributed by atoms with Crippen LogP contribution in [-0.2, 0) is 4.79 Å². The summed E-state index contributed by atoms with van der Waals surface area (Å²) in [5, 5.41) is 3.04. The fourth-order valence-electron chi connectivity index (χ4n) is 2.61. The highest BCUT2D eigenvalue weighted by Crippen LogP contribution is 2.24. The minimum absolute atomic E-state index is 0.0217. The van der Waals surface area contributed by atoms with Gasteiger partial charge in [-0.15, -0.1) is 0 Å². The van der Waals surface area contributed by atoms with Gasteiger partial charge >= 0.3 is 0 Å². The molecule has 0 aliphatic heterocycles. The van der Waals surface area contributed by atoms with Gasteiger partial charge < -0.3 is 11.1 Å². The zero-order valence-corrected chi connectivity index (χ0v) is 11.2. The van der Waals surface area contributed by atoms with Gasteiger partial charge in [-0.1, -0.05) is 18.2 Å². The summed E-state index contributed by atoms with van der Waals surface area (Å²) in [6.07, 6.45) is 3.19. The topological polar surface area (TPSA) is 72.2 Å². The third-order valence-electron chi connectivity index (χ3n) is 3.85. The van der Waals surface area contributed by atoms with Crippen LogP contribution in [0.15, 0.2) is 24.3 Å². The molecule has 4 nitrogen and oxygen atoms in total. The van der Waals surface area contributed by atoms with Crippen molar-refractivity contribution in [1.29, 1.82) is 0 Å². The van der Waals surface area contributed by atoms with Crippen molar-refractivity contribution in [2.75, 3.05) is 0 Å². The Hall–Kier alpha value is -1.84. The van der Waals surface area contributed by atoms with Gasteiger partial charge in [0, 0.05) is 17.5 Å². The largest absolute Gasteiger partial charge is 0.369 e. The molecular weight excluding hydrogens is 240 g/mol. The lowest BCUT2D eigenvalue weighted by atomic mass is 9.85. The molecule has 0 heterocycles. The number of nitrogens with one attached hydrogen (secondary N) is 1. The SMILES string of the molecule is Cc1ccccc1C(=O)NC1CCC(C(N)=O)CC1. The predicted molar refractivity (Wildman–Crippen MR) is 73.6 cm³/mol. The molecule has 0 atom stereocenters. The molecule has 0 spiro atoms. The zero-order chi connectivity index (χ0) is 13.8. The number of nitrogens with two attached hydrogens (primary N) is 1. The van der Waals surface area contributed by atoms with Gasteiger partial charge in [0.15, 0.2) is 0 Å². The first kappa shape index (κ1) is 13.6. The van der Waals surface area contributed by atoms with Crippen LogP contribution in [0.25, 0.3) is 0 Å². The first-order chi connectivity index (χ1) is 9.08. The van der Waals surface area contributed by atoms with Gasteiger partial charge in [-0.2, -0.15) is 0 Å². The lowest BCUT2D eigenvalue weighted by molar-refractivity contribution is -0.122. The maximum atomic E-state index is 12.1. The van der Waals surface area contributed by atoms with Gasteiger partial charge in [-0.05, 0) is 44.2 Å². The standard InChI is InChI=1S/C15H20N2O2/c1-10-4-2-3-5-13(10)15(19)17-12-8-6-11(7-9-12)14(16)18/h2-5,11-12H,6-9H2,1H3,(H2,16,18)(H,17,19). The summed E-state index contributed by atoms with van der Waals surface area (Å²) in [7, 11) is 0. The molecule has 0 bridgehead atoms. The Bertz CT molecular complexity index is 477. The third-order valence-corrected chi connectivity index (χ3v) is 3.85. The van der Waals surface area contributed by atoms with Crippen LogP contribution in [0.2, 0.25) is 0 Å². The van der Waals surface area contributed by atoms with Gasteiger partial charge in [0.1, 0.15) is 0 Å². The Balaban J connectivity index is 1.91. The molecule has 1 aliphatic carbocycles. The predicted octanol–water partition coefficient (Wildman–Crippen LogP) is 1.77. The van der Waals surface area contributed by atoms with Crippen LogP contribution in [0.1, 0.15) is 41.6 Å². The molecule has 2 rings (SSSR count). The molecule has 19 heavy (non-hydrogen) atoms. The van der Waals surface area contributed by atoms with Crippen molar-refractivity contribution in [3.8, 4) is 0 Å². The van der Waals surface area contributed by atoms with Crippen LogP contribution in [0.4, 0.5) is 0 Å². The second kappa shape index (κ2) is 5.87. The van der Waals surface area contributed by atoms with E-state index in [9.17, 15) is 9.59 Å². The summed E-state index contributed by atoms with van der Waals surface area (Å²) in [4.78, 5) is 23.2. The van der Waals surface area contributed by atoms with E-state index >= 15 is 0 Å². The van der Waals surface area contributed by atoms with E-state index in [1.165, 1.54) is 0 Å². The van der Waals surface area contributed by atoms with Crippen LogP contribution >= 0.6 is 0 Å². The number of hydrogen-bond donors (Lipinski definition) is 2. The lowest BCUT2D eigenvalue weighted by Crippen LogP contribution is -2.39. The van der Waals surface area contributed by atoms with E-state index in [4.69, 9.17) is 5.73 Å². The molecule has 1 fully saturated rings. The summed E-state index contributed by atoms with van der Waals surface area (Å²) in [6, 6.07) is 7.71. The number of hydrogen-bond acceptors (Lipinski definition) is 2. The van der Waals surface area contributed by atoms with E-state index in [1.807, 2.05) is 31.2 Å². The molecule has 1 aliphatic rings. The van der Waals surface area contributed by atoms with Crippen molar-refractivity contribution >= 4 is 11.8 Å². The molecule has 0 aromatic heterocycles. The van der Waals surface area contributed by atoms with Gasteiger partial charge in [0.05, 0.1) is 0 Å². The van der Waals surface area contributed by atoms with Crippen LogP contribution in [-0.4, -0.2) is 17.9 Å². The first-order valence-corrected chi connectivity index (χ1v) is 6.73. The quantitative estimate of drug-likeness (QED) is 0.869. The second-order valence-electron chi connectivity index (χ2n) is 5.24. The highest BCUT2D eigenvalue weighted by Gasteiger charge is 2.25. The number of primary amides is 1. The Morgan fingerprint density at radius 2 is 1.79 bits per heavy atom. The van der Waals surface area contributed by atoms with Crippen molar-refractivity contribution in [2.24, 2.45) is 11.7 Å². The molecule has 0 unspecified atom stereocenters. The molecule has 102 valence electrons. The summed E-state index contributed by atoms with van der Waals surface area (Å²) in [5.41, 5.74) is 7.00.